The van der Waals surface area contributed by atoms with E-state index in [1.807, 2.05) is 0 Å². The Kier molecular flexibility index (Phi) is 4.39. The van der Waals surface area contributed by atoms with Gasteiger partial charge in [0.15, 0.2) is 0 Å². The molecule has 7 heteroatoms. The van der Waals surface area contributed by atoms with E-state index in [9.17, 15) is 23.1 Å². The molecule has 1 N–H and O–H groups in total. The molecular formula is C8H4AgF3O3. The fourth-order valence-electron chi connectivity index (χ4n) is 0.875. The molecule has 1 aromatic carbocycles. The first kappa shape index (κ1) is 14.0. The van der Waals surface area contributed by atoms with Crippen molar-refractivity contribution < 1.29 is 50.6 Å². The first-order valence-electron chi connectivity index (χ1n) is 3.44. The van der Waals surface area contributed by atoms with E-state index in [0.717, 1.165) is 0 Å². The van der Waals surface area contributed by atoms with Crippen LogP contribution in [0.2, 0.25) is 0 Å². The Morgan fingerprint density at radius 2 is 1.87 bits per heavy atom. The summed E-state index contributed by atoms with van der Waals surface area (Å²) in [6.45, 7) is 0. The summed E-state index contributed by atoms with van der Waals surface area (Å²) < 4.78 is 36.0. The SMILES string of the molecule is O=C(O)c1ccc(C(F)(F)F)cc1[O-].[Ag+]. The number of alkyl halides is 3. The summed E-state index contributed by atoms with van der Waals surface area (Å²) in [5, 5.41) is 19.2. The molecule has 86 valence electrons. The van der Waals surface area contributed by atoms with Gasteiger partial charge in [-0.25, -0.2) is 4.79 Å². The van der Waals surface area contributed by atoms with Crippen molar-refractivity contribution >= 4 is 5.97 Å². The zero-order valence-electron chi connectivity index (χ0n) is 6.93. The molecule has 0 aliphatic carbocycles. The minimum atomic E-state index is -4.63. The molecule has 0 spiro atoms. The standard InChI is InChI=1S/C8H5F3O3.Ag/c9-8(10,11)4-1-2-5(7(13)14)6(12)3-4;/h1-3,12H,(H,13,14);/q;+1/p-1. The van der Waals surface area contributed by atoms with E-state index in [4.69, 9.17) is 5.11 Å². The molecule has 0 aromatic heterocycles. The monoisotopic (exact) mass is 312 g/mol. The van der Waals surface area contributed by atoms with E-state index >= 15 is 0 Å². The number of carboxylic acid groups (broad SMARTS) is 1. The van der Waals surface area contributed by atoms with Crippen molar-refractivity contribution in [2.45, 2.75) is 6.18 Å². The molecular weight excluding hydrogens is 309 g/mol. The number of rotatable bonds is 1. The van der Waals surface area contributed by atoms with Crippen molar-refractivity contribution in [2.75, 3.05) is 0 Å². The third kappa shape index (κ3) is 3.26. The van der Waals surface area contributed by atoms with Crippen LogP contribution in [0.15, 0.2) is 18.2 Å². The van der Waals surface area contributed by atoms with Gasteiger partial charge in [-0.1, -0.05) is 11.8 Å². The van der Waals surface area contributed by atoms with Crippen LogP contribution in [-0.4, -0.2) is 11.1 Å². The predicted molar refractivity (Wildman–Crippen MR) is 37.8 cm³/mol. The van der Waals surface area contributed by atoms with Crippen molar-refractivity contribution in [1.29, 1.82) is 0 Å². The summed E-state index contributed by atoms with van der Waals surface area (Å²) in [7, 11) is 0. The molecule has 0 saturated heterocycles. The molecule has 1 rings (SSSR count). The summed E-state index contributed by atoms with van der Waals surface area (Å²) in [5.74, 6) is -2.68. The van der Waals surface area contributed by atoms with Gasteiger partial charge in [0.05, 0.1) is 11.1 Å². The van der Waals surface area contributed by atoms with E-state index in [1.165, 1.54) is 0 Å². The molecule has 3 nitrogen and oxygen atoms in total. The molecule has 0 atom stereocenters. The second kappa shape index (κ2) is 4.69. The molecule has 0 saturated carbocycles. The van der Waals surface area contributed by atoms with E-state index in [0.29, 0.717) is 12.1 Å². The zero-order chi connectivity index (χ0) is 10.9. The van der Waals surface area contributed by atoms with E-state index in [-0.39, 0.29) is 28.4 Å². The summed E-state index contributed by atoms with van der Waals surface area (Å²) in [6.07, 6.45) is -4.63. The summed E-state index contributed by atoms with van der Waals surface area (Å²) in [5.41, 5.74) is -1.81. The Morgan fingerprint density at radius 3 is 2.20 bits per heavy atom. The van der Waals surface area contributed by atoms with Gasteiger partial charge in [0.2, 0.25) is 0 Å². The topological polar surface area (TPSA) is 60.4 Å². The number of hydrogen-bond donors (Lipinski definition) is 1. The van der Waals surface area contributed by atoms with Crippen LogP contribution >= 0.6 is 0 Å². The van der Waals surface area contributed by atoms with Crippen LogP contribution in [0.25, 0.3) is 0 Å². The van der Waals surface area contributed by atoms with Crippen LogP contribution in [0.5, 0.6) is 5.75 Å². The summed E-state index contributed by atoms with van der Waals surface area (Å²) in [6, 6.07) is 1.47. The maximum atomic E-state index is 12.0. The Hall–Kier alpha value is -0.980. The van der Waals surface area contributed by atoms with Gasteiger partial charge in [-0.3, -0.25) is 0 Å². The van der Waals surface area contributed by atoms with E-state index < -0.39 is 29.0 Å². The van der Waals surface area contributed by atoms with Crippen LogP contribution < -0.4 is 5.11 Å². The molecule has 0 radical (unpaired) electrons. The van der Waals surface area contributed by atoms with Gasteiger partial charge in [-0.15, -0.1) is 0 Å². The van der Waals surface area contributed by atoms with Crippen LogP contribution in [0.4, 0.5) is 13.2 Å². The predicted octanol–water partition coefficient (Wildman–Crippen LogP) is 1.47. The van der Waals surface area contributed by atoms with Crippen molar-refractivity contribution in [3.63, 3.8) is 0 Å². The molecule has 0 fully saturated rings. The molecule has 0 heterocycles. The molecule has 15 heavy (non-hydrogen) atoms. The number of carboxylic acids is 1. The molecule has 0 aliphatic rings. The molecule has 0 unspecified atom stereocenters. The number of halogens is 3. The van der Waals surface area contributed by atoms with E-state index in [1.54, 1.807) is 0 Å². The Balaban J connectivity index is 0.00000196. The minimum Gasteiger partial charge on any atom is -0.872 e. The first-order valence-corrected chi connectivity index (χ1v) is 3.44. The molecule has 0 bridgehead atoms. The number of aromatic carboxylic acids is 1. The molecule has 0 aliphatic heterocycles. The first-order chi connectivity index (χ1) is 6.32. The summed E-state index contributed by atoms with van der Waals surface area (Å²) in [4.78, 5) is 10.3. The second-order valence-corrected chi connectivity index (χ2v) is 2.51. The van der Waals surface area contributed by atoms with Gasteiger partial charge in [0, 0.05) is 0 Å². The van der Waals surface area contributed by atoms with Crippen LogP contribution in [0.1, 0.15) is 15.9 Å². The smallest absolute Gasteiger partial charge is 0.872 e. The fraction of sp³-hybridized carbons (Fsp3) is 0.125. The van der Waals surface area contributed by atoms with Crippen molar-refractivity contribution in [3.05, 3.63) is 29.3 Å². The van der Waals surface area contributed by atoms with Gasteiger partial charge in [-0.2, -0.15) is 13.2 Å². The van der Waals surface area contributed by atoms with Crippen LogP contribution in [0.3, 0.4) is 0 Å². The van der Waals surface area contributed by atoms with Gasteiger partial charge < -0.3 is 10.2 Å². The number of carbonyl (C=O) groups is 1. The van der Waals surface area contributed by atoms with Gasteiger partial charge in [-0.05, 0) is 12.1 Å². The maximum Gasteiger partial charge on any atom is 1.00 e. The van der Waals surface area contributed by atoms with E-state index in [2.05, 4.69) is 0 Å². The second-order valence-electron chi connectivity index (χ2n) is 2.51. The minimum absolute atomic E-state index is 0. The van der Waals surface area contributed by atoms with Crippen LogP contribution in [-0.2, 0) is 28.6 Å². The van der Waals surface area contributed by atoms with Gasteiger partial charge in [0.1, 0.15) is 0 Å². The molecule has 1 aromatic rings. The number of hydrogen-bond acceptors (Lipinski definition) is 2. The zero-order valence-corrected chi connectivity index (χ0v) is 8.41. The Bertz CT molecular complexity index is 376. The quantitative estimate of drug-likeness (QED) is 0.799. The largest absolute Gasteiger partial charge is 1.00 e. The maximum absolute atomic E-state index is 12.0. The third-order valence-corrected chi connectivity index (χ3v) is 1.54. The Labute approximate surface area is 98.0 Å². The van der Waals surface area contributed by atoms with Crippen LogP contribution in [0, 0.1) is 0 Å². The Morgan fingerprint density at radius 1 is 1.33 bits per heavy atom. The summed E-state index contributed by atoms with van der Waals surface area (Å²) >= 11 is 0. The van der Waals surface area contributed by atoms with Gasteiger partial charge in [0.25, 0.3) is 0 Å². The third-order valence-electron chi connectivity index (χ3n) is 1.54. The normalized spacial score (nSPS) is 10.6. The van der Waals surface area contributed by atoms with Crippen molar-refractivity contribution in [1.82, 2.24) is 0 Å². The van der Waals surface area contributed by atoms with Gasteiger partial charge >= 0.3 is 34.5 Å². The fourth-order valence-corrected chi connectivity index (χ4v) is 0.875. The van der Waals surface area contributed by atoms with Crippen molar-refractivity contribution in [2.24, 2.45) is 0 Å². The average Bonchev–Trinajstić information content (AvgIpc) is 2.01. The van der Waals surface area contributed by atoms with Crippen molar-refractivity contribution in [3.8, 4) is 5.75 Å². The molecule has 0 amide bonds. The number of benzene rings is 1. The average molecular weight is 313 g/mol.